The third-order valence-corrected chi connectivity index (χ3v) is 7.83. The molecule has 6 rings (SSSR count). The van der Waals surface area contributed by atoms with E-state index < -0.39 is 0 Å². The number of H-pyrrole nitrogens is 1. The molecule has 202 valence electrons. The second-order valence-corrected chi connectivity index (χ2v) is 10.1. The van der Waals surface area contributed by atoms with Crippen LogP contribution in [0.15, 0.2) is 91.0 Å². The van der Waals surface area contributed by atoms with Crippen LogP contribution >= 0.6 is 0 Å². The number of hydrogen-bond acceptors (Lipinski definition) is 4. The van der Waals surface area contributed by atoms with Crippen LogP contribution in [0.2, 0.25) is 0 Å². The molecule has 1 aliphatic rings. The summed E-state index contributed by atoms with van der Waals surface area (Å²) < 4.78 is 16.4. The maximum absolute atomic E-state index is 5.55. The zero-order valence-electron chi connectivity index (χ0n) is 23.2. The monoisotopic (exact) mass is 530 g/mol. The summed E-state index contributed by atoms with van der Waals surface area (Å²) in [6, 6.07) is 31.3. The van der Waals surface area contributed by atoms with Crippen molar-refractivity contribution >= 4 is 33.9 Å². The third-order valence-electron chi connectivity index (χ3n) is 7.83. The molecule has 0 fully saturated rings. The molecule has 1 aliphatic carbocycles. The minimum Gasteiger partial charge on any atom is -0.497 e. The summed E-state index contributed by atoms with van der Waals surface area (Å²) in [6.45, 7) is 0. The van der Waals surface area contributed by atoms with Gasteiger partial charge in [0.05, 0.1) is 27.0 Å². The van der Waals surface area contributed by atoms with Gasteiger partial charge in [0.1, 0.15) is 17.2 Å². The van der Waals surface area contributed by atoms with E-state index in [4.69, 9.17) is 14.2 Å². The second-order valence-electron chi connectivity index (χ2n) is 10.1. The number of aromatic amines is 1. The van der Waals surface area contributed by atoms with Crippen LogP contribution in [0.25, 0.3) is 22.6 Å². The molecule has 0 spiro atoms. The predicted octanol–water partition coefficient (Wildman–Crippen LogP) is 8.60. The molecule has 0 amide bonds. The Bertz CT molecular complexity index is 1650. The summed E-state index contributed by atoms with van der Waals surface area (Å²) >= 11 is 0. The van der Waals surface area contributed by atoms with Gasteiger partial charge in [0.25, 0.3) is 0 Å². The number of rotatable bonds is 8. The Morgan fingerprint density at radius 2 is 1.55 bits per heavy atom. The minimum absolute atomic E-state index is 0.247. The van der Waals surface area contributed by atoms with Crippen molar-refractivity contribution < 1.29 is 14.2 Å². The largest absolute Gasteiger partial charge is 0.497 e. The minimum atomic E-state index is 0.247. The van der Waals surface area contributed by atoms with Crippen molar-refractivity contribution in [2.45, 2.75) is 25.2 Å². The average molecular weight is 531 g/mol. The van der Waals surface area contributed by atoms with Gasteiger partial charge in [-0.2, -0.15) is 0 Å². The molecule has 4 aromatic carbocycles. The highest BCUT2D eigenvalue weighted by Crippen LogP contribution is 2.45. The van der Waals surface area contributed by atoms with Crippen LogP contribution in [-0.4, -0.2) is 26.3 Å². The summed E-state index contributed by atoms with van der Waals surface area (Å²) in [6.07, 6.45) is 5.59. The fraction of sp³-hybridized carbons (Fsp3) is 0.200. The van der Waals surface area contributed by atoms with Gasteiger partial charge in [-0.25, -0.2) is 0 Å². The van der Waals surface area contributed by atoms with Crippen molar-refractivity contribution in [3.8, 4) is 17.2 Å². The van der Waals surface area contributed by atoms with Crippen molar-refractivity contribution in [3.63, 3.8) is 0 Å². The normalized spacial score (nSPS) is 15.0. The van der Waals surface area contributed by atoms with E-state index >= 15 is 0 Å². The van der Waals surface area contributed by atoms with Crippen molar-refractivity contribution in [1.29, 1.82) is 0 Å². The molecule has 0 bridgehead atoms. The second kappa shape index (κ2) is 11.2. The number of fused-ring (bicyclic) bond motifs is 3. The summed E-state index contributed by atoms with van der Waals surface area (Å²) in [5, 5.41) is 4.83. The molecule has 5 heteroatoms. The van der Waals surface area contributed by atoms with Crippen LogP contribution in [0.4, 0.5) is 11.4 Å². The molecular weight excluding hydrogens is 496 g/mol. The maximum atomic E-state index is 5.55. The fourth-order valence-corrected chi connectivity index (χ4v) is 5.80. The first-order chi connectivity index (χ1) is 19.7. The van der Waals surface area contributed by atoms with E-state index in [1.54, 1.807) is 21.3 Å². The molecule has 0 saturated heterocycles. The van der Waals surface area contributed by atoms with Crippen molar-refractivity contribution in [3.05, 3.63) is 113 Å². The summed E-state index contributed by atoms with van der Waals surface area (Å²) in [7, 11) is 5.11. The van der Waals surface area contributed by atoms with Gasteiger partial charge in [-0.1, -0.05) is 42.5 Å². The molecule has 0 aliphatic heterocycles. The Morgan fingerprint density at radius 3 is 2.27 bits per heavy atom. The van der Waals surface area contributed by atoms with E-state index in [1.165, 1.54) is 33.3 Å². The Labute approximate surface area is 235 Å². The van der Waals surface area contributed by atoms with Crippen LogP contribution in [-0.2, 0) is 6.42 Å². The standard InChI is InChI=1S/C35H34N2O3/c1-38-26-16-11-23(12-17-26)21-30(24-13-18-27(39-2)19-14-24)28-7-6-8-29-31-22-25(15-20-32(31)37-35(28)29)36-33-9-4-5-10-34(33)40-3/h4-5,9-22,28,36-37H,6-8H2,1-3H3/b30-21+. The number of methoxy groups -OCH3 is 3. The highest BCUT2D eigenvalue weighted by atomic mass is 16.5. The molecule has 5 aromatic rings. The van der Waals surface area contributed by atoms with Gasteiger partial charge in [-0.3, -0.25) is 0 Å². The zero-order chi connectivity index (χ0) is 27.5. The van der Waals surface area contributed by atoms with Crippen molar-refractivity contribution in [1.82, 2.24) is 4.98 Å². The lowest BCUT2D eigenvalue weighted by atomic mass is 9.79. The molecular formula is C35H34N2O3. The smallest absolute Gasteiger partial charge is 0.142 e. The number of allylic oxidation sites excluding steroid dienone is 1. The van der Waals surface area contributed by atoms with Crippen molar-refractivity contribution in [2.24, 2.45) is 0 Å². The highest BCUT2D eigenvalue weighted by molar-refractivity contribution is 5.92. The van der Waals surface area contributed by atoms with Crippen LogP contribution in [0.1, 0.15) is 41.1 Å². The number of nitrogens with one attached hydrogen (secondary N) is 2. The van der Waals surface area contributed by atoms with Gasteiger partial charge < -0.3 is 24.5 Å². The number of anilines is 2. The Morgan fingerprint density at radius 1 is 0.825 bits per heavy atom. The molecule has 1 aromatic heterocycles. The Balaban J connectivity index is 1.42. The summed E-state index contributed by atoms with van der Waals surface area (Å²) in [5.41, 5.74) is 9.54. The Kier molecular flexibility index (Phi) is 7.19. The van der Waals surface area contributed by atoms with Crippen LogP contribution in [0.3, 0.4) is 0 Å². The molecule has 1 heterocycles. The van der Waals surface area contributed by atoms with Crippen molar-refractivity contribution in [2.75, 3.05) is 26.6 Å². The lowest BCUT2D eigenvalue weighted by Crippen LogP contribution is -2.11. The molecule has 1 atom stereocenters. The highest BCUT2D eigenvalue weighted by Gasteiger charge is 2.28. The number of aryl methyl sites for hydroxylation is 1. The van der Waals surface area contributed by atoms with Crippen LogP contribution in [0.5, 0.6) is 17.2 Å². The topological polar surface area (TPSA) is 55.5 Å². The van der Waals surface area contributed by atoms with Gasteiger partial charge in [0.15, 0.2) is 0 Å². The van der Waals surface area contributed by atoms with E-state index in [0.29, 0.717) is 0 Å². The maximum Gasteiger partial charge on any atom is 0.142 e. The zero-order valence-corrected chi connectivity index (χ0v) is 23.2. The van der Waals surface area contributed by atoms with Crippen LogP contribution < -0.4 is 19.5 Å². The molecule has 0 radical (unpaired) electrons. The lowest BCUT2D eigenvalue weighted by Gasteiger charge is -2.26. The van der Waals surface area contributed by atoms with Gasteiger partial charge in [-0.15, -0.1) is 0 Å². The molecule has 0 saturated carbocycles. The SMILES string of the molecule is COc1ccc(/C=C(\c2ccc(OC)cc2)C2CCCc3c2[nH]c2ccc(Nc4ccccc4OC)cc32)cc1. The van der Waals surface area contributed by atoms with E-state index in [-0.39, 0.29) is 5.92 Å². The third kappa shape index (κ3) is 5.03. The predicted molar refractivity (Wildman–Crippen MR) is 164 cm³/mol. The summed E-state index contributed by atoms with van der Waals surface area (Å²) in [5.74, 6) is 2.79. The first kappa shape index (κ1) is 25.6. The first-order valence-corrected chi connectivity index (χ1v) is 13.7. The van der Waals surface area contributed by atoms with Gasteiger partial charge >= 0.3 is 0 Å². The average Bonchev–Trinajstić information content (AvgIpc) is 3.39. The molecule has 2 N–H and O–H groups in total. The Hall–Kier alpha value is -4.64. The fourth-order valence-electron chi connectivity index (χ4n) is 5.80. The number of benzene rings is 4. The summed E-state index contributed by atoms with van der Waals surface area (Å²) in [4.78, 5) is 3.82. The number of ether oxygens (including phenoxy) is 3. The van der Waals surface area contributed by atoms with E-state index in [2.05, 4.69) is 58.8 Å². The van der Waals surface area contributed by atoms with Gasteiger partial charge in [0.2, 0.25) is 0 Å². The van der Waals surface area contributed by atoms with E-state index in [1.807, 2.05) is 48.5 Å². The molecule has 40 heavy (non-hydrogen) atoms. The lowest BCUT2D eigenvalue weighted by molar-refractivity contribution is 0.414. The number of hydrogen-bond donors (Lipinski definition) is 2. The van der Waals surface area contributed by atoms with E-state index in [9.17, 15) is 0 Å². The van der Waals surface area contributed by atoms with Crippen LogP contribution in [0, 0.1) is 0 Å². The first-order valence-electron chi connectivity index (χ1n) is 13.7. The molecule has 1 unspecified atom stereocenters. The van der Waals surface area contributed by atoms with Gasteiger partial charge in [0, 0.05) is 28.2 Å². The number of aromatic nitrogens is 1. The van der Waals surface area contributed by atoms with E-state index in [0.717, 1.165) is 53.4 Å². The molecule has 5 nitrogen and oxygen atoms in total. The van der Waals surface area contributed by atoms with Gasteiger partial charge in [-0.05, 0) is 96.1 Å². The number of para-hydroxylation sites is 2. The quantitative estimate of drug-likeness (QED) is 0.197.